The maximum atomic E-state index is 11.8. The molecule has 0 saturated heterocycles. The van der Waals surface area contributed by atoms with Crippen LogP contribution in [0.15, 0.2) is 12.1 Å². The molecule has 3 nitrogen and oxygen atoms in total. The summed E-state index contributed by atoms with van der Waals surface area (Å²) in [5, 5.41) is 10.2. The molecule has 0 heterocycles. The van der Waals surface area contributed by atoms with Crippen molar-refractivity contribution in [3.8, 4) is 5.75 Å². The number of carbonyl (C=O) groups is 1. The molecule has 0 amide bonds. The van der Waals surface area contributed by atoms with Crippen molar-refractivity contribution in [2.24, 2.45) is 0 Å². The number of hydrogen-bond acceptors (Lipinski definition) is 3. The highest BCUT2D eigenvalue weighted by Gasteiger charge is 2.19. The van der Waals surface area contributed by atoms with Crippen molar-refractivity contribution in [1.82, 2.24) is 0 Å². The minimum absolute atomic E-state index is 0.0489. The molecule has 1 rings (SSSR count). The van der Waals surface area contributed by atoms with Crippen LogP contribution in [-0.2, 0) is 4.74 Å². The van der Waals surface area contributed by atoms with Crippen molar-refractivity contribution in [1.29, 1.82) is 0 Å². The Morgan fingerprint density at radius 3 is 2.28 bits per heavy atom. The van der Waals surface area contributed by atoms with E-state index in [9.17, 15) is 9.90 Å². The fourth-order valence-electron chi connectivity index (χ4n) is 1.82. The molecule has 0 bridgehead atoms. The van der Waals surface area contributed by atoms with Crippen LogP contribution in [0, 0.1) is 0 Å². The molecule has 0 aromatic heterocycles. The van der Waals surface area contributed by atoms with Crippen LogP contribution in [0.3, 0.4) is 0 Å². The Kier molecular flexibility index (Phi) is 4.76. The van der Waals surface area contributed by atoms with Gasteiger partial charge >= 0.3 is 5.97 Å². The zero-order chi connectivity index (χ0) is 13.9. The van der Waals surface area contributed by atoms with Crippen LogP contribution in [-0.4, -0.2) is 17.7 Å². The summed E-state index contributed by atoms with van der Waals surface area (Å²) in [5.41, 5.74) is 2.11. The van der Waals surface area contributed by atoms with E-state index in [1.54, 1.807) is 13.0 Å². The Morgan fingerprint density at radius 1 is 1.22 bits per heavy atom. The van der Waals surface area contributed by atoms with Crippen LogP contribution >= 0.6 is 0 Å². The van der Waals surface area contributed by atoms with E-state index in [1.165, 1.54) is 0 Å². The average molecular weight is 250 g/mol. The smallest absolute Gasteiger partial charge is 0.341 e. The van der Waals surface area contributed by atoms with E-state index in [2.05, 4.69) is 13.8 Å². The Bertz CT molecular complexity index is 434. The van der Waals surface area contributed by atoms with Crippen LogP contribution < -0.4 is 0 Å². The van der Waals surface area contributed by atoms with Gasteiger partial charge in [0, 0.05) is 0 Å². The van der Waals surface area contributed by atoms with Crippen LogP contribution in [0.4, 0.5) is 0 Å². The van der Waals surface area contributed by atoms with Gasteiger partial charge in [-0.3, -0.25) is 0 Å². The molecule has 0 unspecified atom stereocenters. The maximum absolute atomic E-state index is 11.8. The minimum atomic E-state index is -0.459. The number of carbonyl (C=O) groups excluding carboxylic acids is 1. The summed E-state index contributed by atoms with van der Waals surface area (Å²) < 4.78 is 4.98. The molecule has 0 aliphatic carbocycles. The summed E-state index contributed by atoms with van der Waals surface area (Å²) in [5.74, 6) is 0.0559. The van der Waals surface area contributed by atoms with Crippen LogP contribution in [0.25, 0.3) is 0 Å². The van der Waals surface area contributed by atoms with E-state index in [1.807, 2.05) is 19.9 Å². The molecule has 0 aliphatic heterocycles. The first-order valence-electron chi connectivity index (χ1n) is 6.42. The van der Waals surface area contributed by atoms with E-state index in [0.717, 1.165) is 11.1 Å². The largest absolute Gasteiger partial charge is 0.507 e. The van der Waals surface area contributed by atoms with Crippen molar-refractivity contribution in [2.75, 3.05) is 6.61 Å². The Labute approximate surface area is 109 Å². The molecule has 0 fully saturated rings. The van der Waals surface area contributed by atoms with Gasteiger partial charge in [-0.25, -0.2) is 4.79 Å². The number of hydrogen-bond donors (Lipinski definition) is 1. The lowest BCUT2D eigenvalue weighted by atomic mass is 9.92. The van der Waals surface area contributed by atoms with E-state index < -0.39 is 5.97 Å². The average Bonchev–Trinajstić information content (AvgIpc) is 2.28. The van der Waals surface area contributed by atoms with Gasteiger partial charge in [0.2, 0.25) is 0 Å². The van der Waals surface area contributed by atoms with Crippen LogP contribution in [0.2, 0.25) is 0 Å². The second kappa shape index (κ2) is 5.89. The molecule has 0 atom stereocenters. The molecule has 100 valence electrons. The molecular formula is C15H22O3. The summed E-state index contributed by atoms with van der Waals surface area (Å²) in [7, 11) is 0. The summed E-state index contributed by atoms with van der Waals surface area (Å²) in [6.07, 6.45) is 0. The highest BCUT2D eigenvalue weighted by atomic mass is 16.5. The zero-order valence-electron chi connectivity index (χ0n) is 11.8. The number of ether oxygens (including phenoxy) is 1. The highest BCUT2D eigenvalue weighted by molar-refractivity contribution is 5.93. The first kappa shape index (κ1) is 14.6. The third kappa shape index (κ3) is 3.03. The van der Waals surface area contributed by atoms with Crippen molar-refractivity contribution in [3.05, 3.63) is 28.8 Å². The quantitative estimate of drug-likeness (QED) is 0.826. The minimum Gasteiger partial charge on any atom is -0.507 e. The van der Waals surface area contributed by atoms with Gasteiger partial charge in [0.15, 0.2) is 0 Å². The molecule has 3 heteroatoms. The topological polar surface area (TPSA) is 46.5 Å². The lowest BCUT2D eigenvalue weighted by Crippen LogP contribution is -2.08. The number of benzene rings is 1. The number of aromatic hydroxyl groups is 1. The predicted molar refractivity (Wildman–Crippen MR) is 72.2 cm³/mol. The highest BCUT2D eigenvalue weighted by Crippen LogP contribution is 2.33. The van der Waals surface area contributed by atoms with E-state index in [0.29, 0.717) is 12.5 Å². The number of phenolic OH excluding ortho intramolecular Hbond substituents is 1. The molecule has 0 saturated carbocycles. The van der Waals surface area contributed by atoms with Gasteiger partial charge in [0.1, 0.15) is 11.3 Å². The van der Waals surface area contributed by atoms with Gasteiger partial charge in [0.05, 0.1) is 6.61 Å². The van der Waals surface area contributed by atoms with Gasteiger partial charge in [-0.1, -0.05) is 33.8 Å². The number of rotatable bonds is 4. The summed E-state index contributed by atoms with van der Waals surface area (Å²) in [4.78, 5) is 11.8. The van der Waals surface area contributed by atoms with Crippen molar-refractivity contribution in [3.63, 3.8) is 0 Å². The Balaban J connectivity index is 3.35. The van der Waals surface area contributed by atoms with Gasteiger partial charge < -0.3 is 9.84 Å². The molecule has 1 aromatic carbocycles. The monoisotopic (exact) mass is 250 g/mol. The molecule has 0 radical (unpaired) electrons. The second-order valence-electron chi connectivity index (χ2n) is 5.04. The molecule has 18 heavy (non-hydrogen) atoms. The zero-order valence-corrected chi connectivity index (χ0v) is 11.8. The van der Waals surface area contributed by atoms with Gasteiger partial charge in [-0.15, -0.1) is 0 Å². The second-order valence-corrected chi connectivity index (χ2v) is 5.04. The normalized spacial score (nSPS) is 11.1. The molecule has 0 spiro atoms. The van der Waals surface area contributed by atoms with E-state index in [-0.39, 0.29) is 17.2 Å². The predicted octanol–water partition coefficient (Wildman–Crippen LogP) is 3.82. The van der Waals surface area contributed by atoms with Gasteiger partial charge in [0.25, 0.3) is 0 Å². The lowest BCUT2D eigenvalue weighted by molar-refractivity contribution is 0.0522. The molecular weight excluding hydrogens is 228 g/mol. The SMILES string of the molecule is CCOC(=O)c1cc(C(C)C)cc(C(C)C)c1O. The van der Waals surface area contributed by atoms with Crippen LogP contribution in [0.1, 0.15) is 67.9 Å². The van der Waals surface area contributed by atoms with Crippen LogP contribution in [0.5, 0.6) is 5.75 Å². The van der Waals surface area contributed by atoms with E-state index in [4.69, 9.17) is 4.74 Å². The summed E-state index contributed by atoms with van der Waals surface area (Å²) >= 11 is 0. The summed E-state index contributed by atoms with van der Waals surface area (Å²) in [6.45, 7) is 10.2. The third-order valence-electron chi connectivity index (χ3n) is 2.95. The third-order valence-corrected chi connectivity index (χ3v) is 2.95. The molecule has 0 aliphatic rings. The van der Waals surface area contributed by atoms with Gasteiger partial charge in [-0.2, -0.15) is 0 Å². The standard InChI is InChI=1S/C15H22O3/c1-6-18-15(17)13-8-11(9(2)3)7-12(10(4)5)14(13)16/h7-10,16H,6H2,1-5H3. The van der Waals surface area contributed by atoms with Gasteiger partial charge in [-0.05, 0) is 36.0 Å². The van der Waals surface area contributed by atoms with Crippen molar-refractivity contribution >= 4 is 5.97 Å². The number of phenols is 1. The Morgan fingerprint density at radius 2 is 1.83 bits per heavy atom. The lowest BCUT2D eigenvalue weighted by Gasteiger charge is -2.16. The first-order valence-corrected chi connectivity index (χ1v) is 6.42. The maximum Gasteiger partial charge on any atom is 0.341 e. The van der Waals surface area contributed by atoms with Crippen molar-refractivity contribution in [2.45, 2.75) is 46.5 Å². The number of esters is 1. The summed E-state index contributed by atoms with van der Waals surface area (Å²) in [6, 6.07) is 3.69. The fourth-order valence-corrected chi connectivity index (χ4v) is 1.82. The van der Waals surface area contributed by atoms with E-state index >= 15 is 0 Å². The molecule has 1 N–H and O–H groups in total. The first-order chi connectivity index (χ1) is 8.38. The molecule has 1 aromatic rings. The fraction of sp³-hybridized carbons (Fsp3) is 0.533. The Hall–Kier alpha value is -1.51. The van der Waals surface area contributed by atoms with Crippen molar-refractivity contribution < 1.29 is 14.6 Å².